The van der Waals surface area contributed by atoms with E-state index in [1.807, 2.05) is 0 Å². The molecule has 0 radical (unpaired) electrons. The highest BCUT2D eigenvalue weighted by molar-refractivity contribution is 4.84. The number of rotatable bonds is 9. The molecular formula is C13H28N2. The molecule has 0 spiro atoms. The second-order valence-electron chi connectivity index (χ2n) is 5.20. The Bertz CT molecular complexity index is 153. The Kier molecular flexibility index (Phi) is 6.26. The van der Waals surface area contributed by atoms with Crippen molar-refractivity contribution in [2.45, 2.75) is 52.5 Å². The van der Waals surface area contributed by atoms with E-state index in [9.17, 15) is 0 Å². The standard InChI is InChI=1S/C13H28N2/c1-4-8-14-9-11-15(13-5-6-13)10-7-12(2)3/h12-14H,4-11H2,1-3H3. The maximum atomic E-state index is 3.49. The molecule has 1 rings (SSSR count). The molecule has 1 fully saturated rings. The summed E-state index contributed by atoms with van der Waals surface area (Å²) in [7, 11) is 0. The number of nitrogens with zero attached hydrogens (tertiary/aromatic N) is 1. The van der Waals surface area contributed by atoms with Crippen LogP contribution in [0.15, 0.2) is 0 Å². The monoisotopic (exact) mass is 212 g/mol. The van der Waals surface area contributed by atoms with Crippen molar-refractivity contribution in [3.63, 3.8) is 0 Å². The van der Waals surface area contributed by atoms with E-state index in [4.69, 9.17) is 0 Å². The lowest BCUT2D eigenvalue weighted by Gasteiger charge is -2.23. The van der Waals surface area contributed by atoms with Gasteiger partial charge < -0.3 is 5.32 Å². The maximum Gasteiger partial charge on any atom is 0.0110 e. The predicted octanol–water partition coefficient (Wildman–Crippen LogP) is 2.50. The molecule has 90 valence electrons. The molecule has 2 nitrogen and oxygen atoms in total. The van der Waals surface area contributed by atoms with Crippen molar-refractivity contribution in [1.82, 2.24) is 10.2 Å². The van der Waals surface area contributed by atoms with Gasteiger partial charge in [0.05, 0.1) is 0 Å². The van der Waals surface area contributed by atoms with Crippen LogP contribution >= 0.6 is 0 Å². The van der Waals surface area contributed by atoms with Crippen molar-refractivity contribution in [3.05, 3.63) is 0 Å². The Morgan fingerprint density at radius 2 is 1.93 bits per heavy atom. The van der Waals surface area contributed by atoms with Crippen molar-refractivity contribution in [2.24, 2.45) is 5.92 Å². The van der Waals surface area contributed by atoms with Gasteiger partial charge in [-0.1, -0.05) is 20.8 Å². The fourth-order valence-corrected chi connectivity index (χ4v) is 1.87. The highest BCUT2D eigenvalue weighted by atomic mass is 15.2. The van der Waals surface area contributed by atoms with Gasteiger partial charge in [0.1, 0.15) is 0 Å². The summed E-state index contributed by atoms with van der Waals surface area (Å²) in [6.07, 6.45) is 5.47. The van der Waals surface area contributed by atoms with Crippen LogP contribution in [0.5, 0.6) is 0 Å². The summed E-state index contributed by atoms with van der Waals surface area (Å²) < 4.78 is 0. The lowest BCUT2D eigenvalue weighted by atomic mass is 10.1. The summed E-state index contributed by atoms with van der Waals surface area (Å²) in [6.45, 7) is 11.8. The molecule has 0 heterocycles. The van der Waals surface area contributed by atoms with Crippen LogP contribution in [0.4, 0.5) is 0 Å². The van der Waals surface area contributed by atoms with Gasteiger partial charge in [-0.2, -0.15) is 0 Å². The molecule has 15 heavy (non-hydrogen) atoms. The van der Waals surface area contributed by atoms with E-state index < -0.39 is 0 Å². The van der Waals surface area contributed by atoms with Crippen molar-refractivity contribution in [2.75, 3.05) is 26.2 Å². The molecule has 1 aliphatic carbocycles. The van der Waals surface area contributed by atoms with E-state index in [0.29, 0.717) is 0 Å². The van der Waals surface area contributed by atoms with Crippen molar-refractivity contribution >= 4 is 0 Å². The van der Waals surface area contributed by atoms with Crippen molar-refractivity contribution in [1.29, 1.82) is 0 Å². The minimum atomic E-state index is 0.842. The molecule has 0 amide bonds. The minimum absolute atomic E-state index is 0.842. The van der Waals surface area contributed by atoms with Gasteiger partial charge in [0.25, 0.3) is 0 Å². The van der Waals surface area contributed by atoms with E-state index in [0.717, 1.165) is 12.0 Å². The quantitative estimate of drug-likeness (QED) is 0.591. The highest BCUT2D eigenvalue weighted by Crippen LogP contribution is 2.26. The molecule has 0 aromatic heterocycles. The number of hydrogen-bond donors (Lipinski definition) is 1. The van der Waals surface area contributed by atoms with Crippen molar-refractivity contribution in [3.8, 4) is 0 Å². The van der Waals surface area contributed by atoms with Gasteiger partial charge in [0, 0.05) is 19.1 Å². The molecule has 0 aromatic carbocycles. The molecule has 0 saturated heterocycles. The molecule has 0 aliphatic heterocycles. The van der Waals surface area contributed by atoms with Crippen LogP contribution in [0.3, 0.4) is 0 Å². The van der Waals surface area contributed by atoms with E-state index in [-0.39, 0.29) is 0 Å². The minimum Gasteiger partial charge on any atom is -0.315 e. The largest absolute Gasteiger partial charge is 0.315 e. The Balaban J connectivity index is 2.07. The Hall–Kier alpha value is -0.0800. The Labute approximate surface area is 95.4 Å². The summed E-state index contributed by atoms with van der Waals surface area (Å²) in [5.41, 5.74) is 0. The van der Waals surface area contributed by atoms with E-state index in [2.05, 4.69) is 31.0 Å². The predicted molar refractivity (Wildman–Crippen MR) is 67.2 cm³/mol. The average molecular weight is 212 g/mol. The first-order valence-electron chi connectivity index (χ1n) is 6.68. The van der Waals surface area contributed by atoms with Crippen LogP contribution in [0.1, 0.15) is 46.5 Å². The second kappa shape index (κ2) is 7.24. The van der Waals surface area contributed by atoms with Gasteiger partial charge in [0.15, 0.2) is 0 Å². The summed E-state index contributed by atoms with van der Waals surface area (Å²) >= 11 is 0. The van der Waals surface area contributed by atoms with Gasteiger partial charge in [0.2, 0.25) is 0 Å². The topological polar surface area (TPSA) is 15.3 Å². The lowest BCUT2D eigenvalue weighted by Crippen LogP contribution is -2.35. The molecule has 1 saturated carbocycles. The van der Waals surface area contributed by atoms with E-state index in [1.54, 1.807) is 0 Å². The average Bonchev–Trinajstić information content (AvgIpc) is 3.00. The SMILES string of the molecule is CCCNCCN(CCC(C)C)C1CC1. The third-order valence-corrected chi connectivity index (χ3v) is 3.06. The fourth-order valence-electron chi connectivity index (χ4n) is 1.87. The summed E-state index contributed by atoms with van der Waals surface area (Å²) in [5, 5.41) is 3.49. The molecular weight excluding hydrogens is 184 g/mol. The summed E-state index contributed by atoms with van der Waals surface area (Å²) in [5.74, 6) is 0.842. The summed E-state index contributed by atoms with van der Waals surface area (Å²) in [6, 6.07) is 0.923. The molecule has 1 N–H and O–H groups in total. The van der Waals surface area contributed by atoms with Gasteiger partial charge in [-0.15, -0.1) is 0 Å². The first kappa shape index (κ1) is 13.0. The zero-order chi connectivity index (χ0) is 11.1. The van der Waals surface area contributed by atoms with E-state index >= 15 is 0 Å². The lowest BCUT2D eigenvalue weighted by molar-refractivity contribution is 0.248. The van der Waals surface area contributed by atoms with Crippen LogP contribution in [-0.4, -0.2) is 37.1 Å². The highest BCUT2D eigenvalue weighted by Gasteiger charge is 2.27. The second-order valence-corrected chi connectivity index (χ2v) is 5.20. The third-order valence-electron chi connectivity index (χ3n) is 3.06. The molecule has 0 bridgehead atoms. The smallest absolute Gasteiger partial charge is 0.0110 e. The van der Waals surface area contributed by atoms with Gasteiger partial charge in [-0.25, -0.2) is 0 Å². The van der Waals surface area contributed by atoms with Gasteiger partial charge in [-0.05, 0) is 44.7 Å². The van der Waals surface area contributed by atoms with Crippen LogP contribution in [0.25, 0.3) is 0 Å². The molecule has 0 atom stereocenters. The molecule has 0 unspecified atom stereocenters. The number of hydrogen-bond acceptors (Lipinski definition) is 2. The molecule has 2 heteroatoms. The zero-order valence-electron chi connectivity index (χ0n) is 10.8. The zero-order valence-corrected chi connectivity index (χ0v) is 10.8. The summed E-state index contributed by atoms with van der Waals surface area (Å²) in [4.78, 5) is 2.68. The van der Waals surface area contributed by atoms with Crippen LogP contribution in [0, 0.1) is 5.92 Å². The molecule has 0 aromatic rings. The van der Waals surface area contributed by atoms with Crippen LogP contribution < -0.4 is 5.32 Å². The fraction of sp³-hybridized carbons (Fsp3) is 1.00. The normalized spacial score (nSPS) is 16.6. The Morgan fingerprint density at radius 1 is 1.20 bits per heavy atom. The van der Waals surface area contributed by atoms with Crippen LogP contribution in [-0.2, 0) is 0 Å². The van der Waals surface area contributed by atoms with Gasteiger partial charge in [-0.3, -0.25) is 4.90 Å². The molecule has 1 aliphatic rings. The third kappa shape index (κ3) is 6.16. The first-order valence-corrected chi connectivity index (χ1v) is 6.68. The van der Waals surface area contributed by atoms with E-state index in [1.165, 1.54) is 51.9 Å². The number of nitrogens with one attached hydrogen (secondary N) is 1. The Morgan fingerprint density at radius 3 is 2.47 bits per heavy atom. The first-order chi connectivity index (χ1) is 7.24. The van der Waals surface area contributed by atoms with Gasteiger partial charge >= 0.3 is 0 Å². The van der Waals surface area contributed by atoms with Crippen LogP contribution in [0.2, 0.25) is 0 Å². The van der Waals surface area contributed by atoms with Crippen molar-refractivity contribution < 1.29 is 0 Å². The maximum absolute atomic E-state index is 3.49.